The van der Waals surface area contributed by atoms with Crippen LogP contribution < -0.4 is 26.0 Å². The van der Waals surface area contributed by atoms with Crippen molar-refractivity contribution in [3.63, 3.8) is 0 Å². The van der Waals surface area contributed by atoms with Gasteiger partial charge in [-0.15, -0.1) is 0 Å². The molecule has 0 radical (unpaired) electrons. The molecule has 0 unspecified atom stereocenters. The van der Waals surface area contributed by atoms with E-state index in [4.69, 9.17) is 9.47 Å². The molecule has 1 atom stereocenters. The normalized spacial score (nSPS) is 13.6. The van der Waals surface area contributed by atoms with Crippen LogP contribution in [0, 0.1) is 11.6 Å². The van der Waals surface area contributed by atoms with Crippen molar-refractivity contribution >= 4 is 38.5 Å². The van der Waals surface area contributed by atoms with Crippen LogP contribution in [-0.4, -0.2) is 68.6 Å². The molecule has 7 aromatic rings. The second-order valence-corrected chi connectivity index (χ2v) is 16.5. The molecule has 16 nitrogen and oxygen atoms in total. The molecule has 1 fully saturated rings. The lowest BCUT2D eigenvalue weighted by Gasteiger charge is -2.21. The molecule has 2 N–H and O–H groups in total. The maximum absolute atomic E-state index is 15.6. The number of anilines is 1. The van der Waals surface area contributed by atoms with Crippen LogP contribution >= 0.6 is 0 Å². The number of sulfonamides is 1. The number of halogens is 2. The number of hydrogen-bond acceptors (Lipinski definition) is 12. The van der Waals surface area contributed by atoms with E-state index in [0.29, 0.717) is 42.1 Å². The molecule has 6 heterocycles. The van der Waals surface area contributed by atoms with Gasteiger partial charge in [-0.3, -0.25) is 33.8 Å². The highest BCUT2D eigenvalue weighted by atomic mass is 32.2. The first-order chi connectivity index (χ1) is 30.9. The van der Waals surface area contributed by atoms with E-state index in [1.165, 1.54) is 78.9 Å². The average molecular weight is 889 g/mol. The third kappa shape index (κ3) is 9.30. The number of nitrogens with zero attached hydrogens (tertiary/aromatic N) is 6. The minimum atomic E-state index is -4.53. The molecule has 1 amide bonds. The topological polar surface area (TPSA) is 206 Å². The van der Waals surface area contributed by atoms with Crippen LogP contribution in [0.4, 0.5) is 14.5 Å². The molecular weight excluding hydrogens is 851 g/mol. The Labute approximate surface area is 363 Å². The molecule has 1 saturated heterocycles. The standard InChI is InChI=1S/C45H38F2N8O8S/c1-54-40-26-48-17-14-33(40)43(57)55(45(54)59)31-10-8-30(50-25-31)9-11-37(44(58)63-32-5-3-2-4-6-32)52-42(56)34-22-36(47)39(23-35(34)46)53-64(60,61)41-12-7-29(24-51-41)28-13-18-49-38(21-28)27-15-19-62-20-16-27/h2-8,10,12-14,17-18,21-27,37,53H,9,11,15-16,19-20H2,1H3,(H,52,56)/t37-/m0/s1. The predicted molar refractivity (Wildman–Crippen MR) is 229 cm³/mol. The van der Waals surface area contributed by atoms with Gasteiger partial charge in [0.05, 0.1) is 40.2 Å². The summed E-state index contributed by atoms with van der Waals surface area (Å²) in [6, 6.07) is 18.6. The van der Waals surface area contributed by atoms with Crippen molar-refractivity contribution in [2.24, 2.45) is 7.05 Å². The summed E-state index contributed by atoms with van der Waals surface area (Å²) in [6.45, 7) is 1.29. The lowest BCUT2D eigenvalue weighted by atomic mass is 9.94. The summed E-state index contributed by atoms with van der Waals surface area (Å²) >= 11 is 0. The molecule has 0 bridgehead atoms. The van der Waals surface area contributed by atoms with Crippen LogP contribution in [0.3, 0.4) is 0 Å². The van der Waals surface area contributed by atoms with Gasteiger partial charge in [-0.1, -0.05) is 18.2 Å². The smallest absolute Gasteiger partial charge is 0.335 e. The van der Waals surface area contributed by atoms with Crippen LogP contribution in [0.2, 0.25) is 0 Å². The van der Waals surface area contributed by atoms with Gasteiger partial charge in [0, 0.05) is 67.8 Å². The predicted octanol–water partition coefficient (Wildman–Crippen LogP) is 5.25. The number of carbonyl (C=O) groups excluding carboxylic acids is 2. The maximum atomic E-state index is 15.6. The Balaban J connectivity index is 0.968. The second-order valence-electron chi connectivity index (χ2n) is 14.8. The maximum Gasteiger partial charge on any atom is 0.335 e. The van der Waals surface area contributed by atoms with Crippen molar-refractivity contribution in [3.8, 4) is 22.6 Å². The van der Waals surface area contributed by atoms with Crippen LogP contribution in [0.1, 0.15) is 46.9 Å². The molecule has 0 saturated carbocycles. The van der Waals surface area contributed by atoms with Gasteiger partial charge in [0.2, 0.25) is 0 Å². The molecule has 1 aliphatic heterocycles. The number of hydrogen-bond donors (Lipinski definition) is 2. The number of benzene rings is 2. The highest BCUT2D eigenvalue weighted by Gasteiger charge is 2.28. The minimum Gasteiger partial charge on any atom is -0.425 e. The summed E-state index contributed by atoms with van der Waals surface area (Å²) in [5.74, 6) is -4.31. The van der Waals surface area contributed by atoms with Crippen molar-refractivity contribution in [2.45, 2.75) is 42.7 Å². The second kappa shape index (κ2) is 18.5. The van der Waals surface area contributed by atoms with E-state index in [9.17, 15) is 27.6 Å². The summed E-state index contributed by atoms with van der Waals surface area (Å²) in [5, 5.41) is 2.20. The van der Waals surface area contributed by atoms with E-state index in [2.05, 4.69) is 25.3 Å². The highest BCUT2D eigenvalue weighted by molar-refractivity contribution is 7.92. The molecule has 1 aliphatic rings. The Morgan fingerprint density at radius 2 is 1.67 bits per heavy atom. The molecule has 8 rings (SSSR count). The average Bonchev–Trinajstić information content (AvgIpc) is 3.31. The monoisotopic (exact) mass is 888 g/mol. The van der Waals surface area contributed by atoms with Gasteiger partial charge in [-0.25, -0.2) is 27.9 Å². The van der Waals surface area contributed by atoms with Gasteiger partial charge in [0.1, 0.15) is 23.4 Å². The van der Waals surface area contributed by atoms with Crippen molar-refractivity contribution in [3.05, 3.63) is 165 Å². The highest BCUT2D eigenvalue weighted by Crippen LogP contribution is 2.29. The van der Waals surface area contributed by atoms with E-state index in [1.807, 2.05) is 10.8 Å². The van der Waals surface area contributed by atoms with E-state index < -0.39 is 67.1 Å². The molecule has 0 aliphatic carbocycles. The van der Waals surface area contributed by atoms with Gasteiger partial charge < -0.3 is 14.8 Å². The molecule has 326 valence electrons. The number of carbonyl (C=O) groups is 2. The zero-order valence-corrected chi connectivity index (χ0v) is 34.8. The van der Waals surface area contributed by atoms with Crippen LogP contribution in [-0.2, 0) is 33.0 Å². The quantitative estimate of drug-likeness (QED) is 0.113. The Morgan fingerprint density at radius 3 is 2.41 bits per heavy atom. The van der Waals surface area contributed by atoms with Gasteiger partial charge >= 0.3 is 11.7 Å². The summed E-state index contributed by atoms with van der Waals surface area (Å²) in [4.78, 5) is 70.2. The zero-order chi connectivity index (χ0) is 45.0. The first-order valence-electron chi connectivity index (χ1n) is 20.0. The lowest BCUT2D eigenvalue weighted by Crippen LogP contribution is -2.43. The molecular formula is C45H38F2N8O8S. The number of rotatable bonds is 13. The Morgan fingerprint density at radius 1 is 0.875 bits per heavy atom. The fraction of sp³-hybridized carbons (Fsp3) is 0.200. The first-order valence-corrected chi connectivity index (χ1v) is 21.5. The summed E-state index contributed by atoms with van der Waals surface area (Å²) < 4.78 is 72.8. The van der Waals surface area contributed by atoms with Crippen LogP contribution in [0.25, 0.3) is 27.7 Å². The number of aromatic nitrogens is 6. The number of pyridine rings is 4. The number of amides is 1. The van der Waals surface area contributed by atoms with E-state index in [1.54, 1.807) is 30.5 Å². The van der Waals surface area contributed by atoms with Crippen molar-refractivity contribution < 1.29 is 36.3 Å². The van der Waals surface area contributed by atoms with E-state index in [-0.39, 0.29) is 35.6 Å². The Hall–Kier alpha value is -7.51. The summed E-state index contributed by atoms with van der Waals surface area (Å²) in [5.41, 5.74) is 0.405. The van der Waals surface area contributed by atoms with Crippen LogP contribution in [0.15, 0.2) is 131 Å². The van der Waals surface area contributed by atoms with Gasteiger partial charge in [-0.2, -0.15) is 8.42 Å². The minimum absolute atomic E-state index is 0.0396. The Bertz CT molecular complexity index is 3110. The largest absolute Gasteiger partial charge is 0.425 e. The van der Waals surface area contributed by atoms with Crippen LogP contribution in [0.5, 0.6) is 5.75 Å². The first kappa shape index (κ1) is 43.2. The van der Waals surface area contributed by atoms with Crippen molar-refractivity contribution in [1.29, 1.82) is 0 Å². The Kier molecular flexibility index (Phi) is 12.4. The molecule has 5 aromatic heterocycles. The van der Waals surface area contributed by atoms with Gasteiger partial charge in [0.15, 0.2) is 5.03 Å². The number of ether oxygens (including phenoxy) is 2. The number of esters is 1. The fourth-order valence-electron chi connectivity index (χ4n) is 7.22. The SMILES string of the molecule is Cn1c(=O)n(-c2ccc(CC[C@H](NC(=O)c3cc(F)c(NS(=O)(=O)c4ccc(-c5ccnc(C6CCOCC6)c5)cn4)cc3F)C(=O)Oc3ccccc3)nc2)c(=O)c2ccncc21. The van der Waals surface area contributed by atoms with E-state index in [0.717, 1.165) is 28.7 Å². The number of aryl methyl sites for hydroxylation is 2. The van der Waals surface area contributed by atoms with Gasteiger partial charge in [0.25, 0.3) is 21.5 Å². The zero-order valence-electron chi connectivity index (χ0n) is 34.0. The van der Waals surface area contributed by atoms with Gasteiger partial charge in [-0.05, 0) is 91.9 Å². The van der Waals surface area contributed by atoms with E-state index >= 15 is 8.78 Å². The third-order valence-electron chi connectivity index (χ3n) is 10.7. The molecule has 19 heteroatoms. The number of fused-ring (bicyclic) bond motifs is 1. The molecule has 64 heavy (non-hydrogen) atoms. The number of nitrogens with one attached hydrogen (secondary N) is 2. The molecule has 2 aromatic carbocycles. The van der Waals surface area contributed by atoms with Crippen molar-refractivity contribution in [2.75, 3.05) is 17.9 Å². The summed E-state index contributed by atoms with van der Waals surface area (Å²) in [6.07, 6.45) is 8.76. The van der Waals surface area contributed by atoms with Crippen molar-refractivity contribution in [1.82, 2.24) is 34.4 Å². The third-order valence-corrected chi connectivity index (χ3v) is 12.0. The lowest BCUT2D eigenvalue weighted by molar-refractivity contribution is -0.136. The number of para-hydroxylation sites is 1. The fourth-order valence-corrected chi connectivity index (χ4v) is 8.21. The summed E-state index contributed by atoms with van der Waals surface area (Å²) in [7, 11) is -3.03. The molecule has 0 spiro atoms.